The first kappa shape index (κ1) is 18.8. The maximum atomic E-state index is 14.4. The quantitative estimate of drug-likeness (QED) is 0.529. The van der Waals surface area contributed by atoms with Crippen molar-refractivity contribution >= 4 is 29.4 Å². The molecule has 0 radical (unpaired) electrons. The number of amides is 1. The van der Waals surface area contributed by atoms with Gasteiger partial charge in [0.1, 0.15) is 0 Å². The second-order valence-electron chi connectivity index (χ2n) is 6.16. The van der Waals surface area contributed by atoms with Crippen molar-refractivity contribution in [1.29, 1.82) is 0 Å². The first-order valence-corrected chi connectivity index (χ1v) is 10.4. The van der Waals surface area contributed by atoms with E-state index in [0.717, 1.165) is 0 Å². The van der Waals surface area contributed by atoms with Gasteiger partial charge in [-0.3, -0.25) is 9.59 Å². The average molecular weight is 377 g/mol. The summed E-state index contributed by atoms with van der Waals surface area (Å²) in [5.74, 6) is -1.96. The molecule has 0 heterocycles. The predicted octanol–water partition coefficient (Wildman–Crippen LogP) is 3.35. The van der Waals surface area contributed by atoms with Crippen molar-refractivity contribution in [1.82, 2.24) is 5.32 Å². The number of carbonyl (C=O) groups excluding carboxylic acids is 2. The Morgan fingerprint density at radius 3 is 1.56 bits per heavy atom. The van der Waals surface area contributed by atoms with Crippen LogP contribution in [0, 0.1) is 0 Å². The van der Waals surface area contributed by atoms with Gasteiger partial charge < -0.3 is 9.88 Å². The van der Waals surface area contributed by atoms with Crippen LogP contribution in [0.5, 0.6) is 0 Å². The van der Waals surface area contributed by atoms with E-state index < -0.39 is 18.8 Å². The Labute approximate surface area is 158 Å². The third-order valence-electron chi connectivity index (χ3n) is 4.29. The molecule has 0 saturated heterocycles. The molecule has 1 N–H and O–H groups in total. The summed E-state index contributed by atoms with van der Waals surface area (Å²) in [6, 6.07) is 26.3. The van der Waals surface area contributed by atoms with Crippen LogP contribution >= 0.6 is 7.14 Å². The topological polar surface area (TPSA) is 63.2 Å². The Morgan fingerprint density at radius 2 is 1.15 bits per heavy atom. The zero-order chi connectivity index (χ0) is 19.3. The minimum absolute atomic E-state index is 0.373. The summed E-state index contributed by atoms with van der Waals surface area (Å²) in [5.41, 5.74) is 0.406. The highest BCUT2D eigenvalue weighted by Crippen LogP contribution is 2.48. The monoisotopic (exact) mass is 377 g/mol. The Morgan fingerprint density at radius 1 is 0.741 bits per heavy atom. The lowest BCUT2D eigenvalue weighted by atomic mass is 10.1. The number of rotatable bonds is 6. The Balaban J connectivity index is 2.22. The van der Waals surface area contributed by atoms with Gasteiger partial charge in [0.2, 0.25) is 5.91 Å². The molecule has 136 valence electrons. The molecule has 0 fully saturated rings. The Hall–Kier alpha value is -2.97. The van der Waals surface area contributed by atoms with Gasteiger partial charge in [0.15, 0.2) is 18.7 Å². The van der Waals surface area contributed by atoms with Gasteiger partial charge in [-0.25, -0.2) is 0 Å². The fourth-order valence-electron chi connectivity index (χ4n) is 3.02. The first-order chi connectivity index (χ1) is 13.0. The van der Waals surface area contributed by atoms with Crippen molar-refractivity contribution in [3.63, 3.8) is 0 Å². The molecule has 0 spiro atoms. The molecular weight excluding hydrogens is 357 g/mol. The van der Waals surface area contributed by atoms with Crippen LogP contribution in [0.1, 0.15) is 17.3 Å². The summed E-state index contributed by atoms with van der Waals surface area (Å²) >= 11 is 0. The summed E-state index contributed by atoms with van der Waals surface area (Å²) in [6.45, 7) is 1.33. The van der Waals surface area contributed by atoms with Crippen molar-refractivity contribution < 1.29 is 14.2 Å². The third kappa shape index (κ3) is 3.91. The van der Waals surface area contributed by atoms with Gasteiger partial charge in [-0.1, -0.05) is 91.0 Å². The zero-order valence-corrected chi connectivity index (χ0v) is 15.8. The van der Waals surface area contributed by atoms with Crippen LogP contribution in [0.3, 0.4) is 0 Å². The molecule has 3 aromatic carbocycles. The van der Waals surface area contributed by atoms with E-state index in [1.165, 1.54) is 6.92 Å². The average Bonchev–Trinajstić information content (AvgIpc) is 2.73. The van der Waals surface area contributed by atoms with Crippen LogP contribution in [0.25, 0.3) is 0 Å². The number of Topliss-reactive ketones (excluding diaryl/α,β-unsaturated/α-hetero) is 1. The SMILES string of the molecule is CC(=O)N[C@H](C(=O)c1ccccc1)P(=O)(c1ccccc1)c1ccccc1. The van der Waals surface area contributed by atoms with E-state index in [1.54, 1.807) is 78.9 Å². The first-order valence-electron chi connectivity index (χ1n) is 8.61. The number of carbonyl (C=O) groups is 2. The molecule has 1 amide bonds. The van der Waals surface area contributed by atoms with Crippen molar-refractivity contribution in [3.8, 4) is 0 Å². The third-order valence-corrected chi connectivity index (χ3v) is 7.51. The van der Waals surface area contributed by atoms with Crippen molar-refractivity contribution in [2.24, 2.45) is 0 Å². The number of benzene rings is 3. The van der Waals surface area contributed by atoms with Gasteiger partial charge in [0.25, 0.3) is 0 Å². The minimum atomic E-state index is -3.49. The lowest BCUT2D eigenvalue weighted by Crippen LogP contribution is -2.44. The largest absolute Gasteiger partial charge is 0.339 e. The summed E-state index contributed by atoms with van der Waals surface area (Å²) in [4.78, 5) is 25.2. The van der Waals surface area contributed by atoms with E-state index >= 15 is 0 Å². The van der Waals surface area contributed by atoms with Crippen LogP contribution in [-0.4, -0.2) is 17.5 Å². The highest BCUT2D eigenvalue weighted by Gasteiger charge is 2.42. The number of nitrogens with one attached hydrogen (secondary N) is 1. The number of hydrogen-bond donors (Lipinski definition) is 1. The van der Waals surface area contributed by atoms with E-state index in [1.807, 2.05) is 12.1 Å². The second-order valence-corrected chi connectivity index (χ2v) is 9.03. The van der Waals surface area contributed by atoms with Gasteiger partial charge >= 0.3 is 0 Å². The molecule has 1 atom stereocenters. The normalized spacial score (nSPS) is 12.2. The van der Waals surface area contributed by atoms with Crippen molar-refractivity contribution in [2.75, 3.05) is 0 Å². The Bertz CT molecular complexity index is 929. The maximum Gasteiger partial charge on any atom is 0.217 e. The van der Waals surface area contributed by atoms with Gasteiger partial charge in [0.05, 0.1) is 0 Å². The zero-order valence-electron chi connectivity index (χ0n) is 14.9. The number of ketones is 1. The molecule has 0 unspecified atom stereocenters. The van der Waals surface area contributed by atoms with E-state index in [-0.39, 0.29) is 5.78 Å². The molecule has 3 aromatic rings. The molecule has 4 nitrogen and oxygen atoms in total. The van der Waals surface area contributed by atoms with Crippen LogP contribution in [0.15, 0.2) is 91.0 Å². The molecule has 0 bridgehead atoms. The lowest BCUT2D eigenvalue weighted by molar-refractivity contribution is -0.119. The fraction of sp³-hybridized carbons (Fsp3) is 0.0909. The van der Waals surface area contributed by atoms with Gasteiger partial charge in [-0.2, -0.15) is 0 Å². The molecule has 0 aliphatic rings. The summed E-state index contributed by atoms with van der Waals surface area (Å²) in [6.07, 6.45) is 0. The Kier molecular flexibility index (Phi) is 5.68. The van der Waals surface area contributed by atoms with E-state index in [0.29, 0.717) is 16.2 Å². The highest BCUT2D eigenvalue weighted by atomic mass is 31.2. The molecule has 0 aliphatic carbocycles. The summed E-state index contributed by atoms with van der Waals surface area (Å²) < 4.78 is 14.4. The van der Waals surface area contributed by atoms with Crippen LogP contribution in [0.4, 0.5) is 0 Å². The smallest absolute Gasteiger partial charge is 0.217 e. The van der Waals surface area contributed by atoms with Crippen LogP contribution in [0.2, 0.25) is 0 Å². The fourth-order valence-corrected chi connectivity index (χ4v) is 5.99. The highest BCUT2D eigenvalue weighted by molar-refractivity contribution is 7.80. The van der Waals surface area contributed by atoms with Crippen molar-refractivity contribution in [2.45, 2.75) is 12.7 Å². The van der Waals surface area contributed by atoms with Crippen LogP contribution in [-0.2, 0) is 9.36 Å². The van der Waals surface area contributed by atoms with Gasteiger partial charge in [-0.15, -0.1) is 0 Å². The van der Waals surface area contributed by atoms with Crippen molar-refractivity contribution in [3.05, 3.63) is 96.6 Å². The lowest BCUT2D eigenvalue weighted by Gasteiger charge is -2.28. The van der Waals surface area contributed by atoms with Crippen LogP contribution < -0.4 is 15.9 Å². The molecule has 5 heteroatoms. The molecule has 3 rings (SSSR count). The minimum Gasteiger partial charge on any atom is -0.339 e. The van der Waals surface area contributed by atoms with E-state index in [2.05, 4.69) is 5.32 Å². The second kappa shape index (κ2) is 8.15. The molecule has 0 aromatic heterocycles. The van der Waals surface area contributed by atoms with Gasteiger partial charge in [0, 0.05) is 23.1 Å². The van der Waals surface area contributed by atoms with Gasteiger partial charge in [-0.05, 0) is 0 Å². The molecular formula is C22H20NO3P. The number of hydrogen-bond acceptors (Lipinski definition) is 3. The maximum absolute atomic E-state index is 14.4. The van der Waals surface area contributed by atoms with E-state index in [9.17, 15) is 14.2 Å². The van der Waals surface area contributed by atoms with E-state index in [4.69, 9.17) is 0 Å². The summed E-state index contributed by atoms with van der Waals surface area (Å²) in [5, 5.41) is 3.72. The standard InChI is InChI=1S/C22H20NO3P/c1-17(24)23-22(21(25)18-11-5-2-6-12-18)27(26,19-13-7-3-8-14-19)20-15-9-4-10-16-20/h2-16,22H,1H3,(H,23,24)/t22-/m0/s1. The molecule has 27 heavy (non-hydrogen) atoms. The predicted molar refractivity (Wildman–Crippen MR) is 108 cm³/mol. The molecule has 0 aliphatic heterocycles. The summed E-state index contributed by atoms with van der Waals surface area (Å²) in [7, 11) is -3.49. The molecule has 0 saturated carbocycles.